The van der Waals surface area contributed by atoms with Gasteiger partial charge in [0, 0.05) is 0 Å². The van der Waals surface area contributed by atoms with E-state index < -0.39 is 11.9 Å². The molecule has 2 rings (SSSR count). The zero-order valence-electron chi connectivity index (χ0n) is 21.9. The van der Waals surface area contributed by atoms with Crippen LogP contribution in [0.5, 0.6) is 23.0 Å². The Bertz CT molecular complexity index is 1320. The minimum Gasteiger partial charge on any atom is -0.504 e. The van der Waals surface area contributed by atoms with Crippen LogP contribution in [-0.4, -0.2) is 69.4 Å². The summed E-state index contributed by atoms with van der Waals surface area (Å²) in [6, 6.07) is 12.4. The van der Waals surface area contributed by atoms with Gasteiger partial charge in [0.2, 0.25) is 5.76 Å². The smallest absolute Gasteiger partial charge is 0.348 e. The zero-order chi connectivity index (χ0) is 29.3. The maximum atomic E-state index is 12.1. The van der Waals surface area contributed by atoms with Crippen molar-refractivity contribution >= 4 is 24.1 Å². The average molecular weight is 553 g/mol. The van der Waals surface area contributed by atoms with Crippen LogP contribution in [0.1, 0.15) is 17.5 Å². The van der Waals surface area contributed by atoms with E-state index in [4.69, 9.17) is 28.4 Å². The first-order valence-electron chi connectivity index (χ1n) is 11.8. The molecule has 0 unspecified atom stereocenters. The van der Waals surface area contributed by atoms with E-state index in [1.165, 1.54) is 56.7 Å². The Morgan fingerprint density at radius 2 is 1.45 bits per heavy atom. The number of phenols is 2. The van der Waals surface area contributed by atoms with Crippen LogP contribution in [0.25, 0.3) is 12.2 Å². The molecule has 2 aromatic carbocycles. The maximum absolute atomic E-state index is 12.1. The molecule has 0 fully saturated rings. The summed E-state index contributed by atoms with van der Waals surface area (Å²) in [4.78, 5) is 24.1. The van der Waals surface area contributed by atoms with Crippen LogP contribution in [0.4, 0.5) is 0 Å². The van der Waals surface area contributed by atoms with Gasteiger partial charge >= 0.3 is 11.9 Å². The van der Waals surface area contributed by atoms with Crippen LogP contribution in [0.15, 0.2) is 47.7 Å². The number of phenolic OH excluding ortho intramolecular Hbond substituents is 2. The van der Waals surface area contributed by atoms with Crippen molar-refractivity contribution < 1.29 is 48.2 Å². The minimum atomic E-state index is -0.831. The monoisotopic (exact) mass is 552 g/mol. The molecule has 0 atom stereocenters. The third-order valence-electron chi connectivity index (χ3n) is 4.97. The number of nitrogens with zero attached hydrogens (tertiary/aromatic N) is 2. The van der Waals surface area contributed by atoms with Crippen molar-refractivity contribution in [3.63, 3.8) is 0 Å². The van der Waals surface area contributed by atoms with Crippen molar-refractivity contribution in [3.05, 3.63) is 58.9 Å². The number of nitriles is 2. The van der Waals surface area contributed by atoms with Crippen LogP contribution < -0.4 is 9.47 Å². The summed E-state index contributed by atoms with van der Waals surface area (Å²) in [7, 11) is 2.79. The molecule has 0 amide bonds. The number of benzene rings is 2. The Hall–Kier alpha value is -5.04. The van der Waals surface area contributed by atoms with Gasteiger partial charge < -0.3 is 38.6 Å². The molecular weight excluding hydrogens is 524 g/mol. The SMILES string of the molecule is COc1ccc(/C=C(/C#N)OC(=O)CCOCCOCCOC(=O)/C(C#N)=C\c2ccc(O)c(OC)c2)cc1O. The van der Waals surface area contributed by atoms with Gasteiger partial charge in [0.1, 0.15) is 24.3 Å². The first kappa shape index (κ1) is 31.2. The Kier molecular flexibility index (Phi) is 13.0. The number of carbonyl (C=O) groups is 2. The number of allylic oxidation sites excluding steroid dienone is 1. The van der Waals surface area contributed by atoms with E-state index >= 15 is 0 Å². The minimum absolute atomic E-state index is 0.0254. The molecule has 0 aliphatic rings. The number of ether oxygens (including phenoxy) is 6. The molecule has 0 bridgehead atoms. The Balaban J connectivity index is 1.63. The quantitative estimate of drug-likeness (QED) is 0.109. The molecule has 2 N–H and O–H groups in total. The van der Waals surface area contributed by atoms with Crippen molar-refractivity contribution in [2.45, 2.75) is 6.42 Å². The van der Waals surface area contributed by atoms with Gasteiger partial charge in [0.15, 0.2) is 23.0 Å². The van der Waals surface area contributed by atoms with Crippen LogP contribution >= 0.6 is 0 Å². The van der Waals surface area contributed by atoms with Crippen molar-refractivity contribution in [2.75, 3.05) is 47.3 Å². The molecule has 0 heterocycles. The number of carbonyl (C=O) groups excluding carboxylic acids is 2. The van der Waals surface area contributed by atoms with E-state index in [9.17, 15) is 30.3 Å². The molecule has 12 nitrogen and oxygen atoms in total. The van der Waals surface area contributed by atoms with Crippen LogP contribution in [0.2, 0.25) is 0 Å². The Morgan fingerprint density at radius 1 is 0.800 bits per heavy atom. The fourth-order valence-electron chi connectivity index (χ4n) is 3.04. The lowest BCUT2D eigenvalue weighted by Crippen LogP contribution is -2.14. The van der Waals surface area contributed by atoms with Gasteiger partial charge in [-0.3, -0.25) is 4.79 Å². The number of rotatable bonds is 15. The number of hydrogen-bond donors (Lipinski definition) is 2. The summed E-state index contributed by atoms with van der Waals surface area (Å²) in [5.74, 6) is -1.48. The second-order valence-corrected chi connectivity index (χ2v) is 7.74. The van der Waals surface area contributed by atoms with Crippen molar-refractivity contribution in [1.29, 1.82) is 10.5 Å². The van der Waals surface area contributed by atoms with E-state index in [0.717, 1.165) is 0 Å². The first-order chi connectivity index (χ1) is 19.3. The molecule has 0 saturated carbocycles. The highest BCUT2D eigenvalue weighted by Crippen LogP contribution is 2.28. The molecule has 2 aromatic rings. The summed E-state index contributed by atoms with van der Waals surface area (Å²) in [6.07, 6.45) is 2.50. The van der Waals surface area contributed by atoms with Gasteiger partial charge in [-0.1, -0.05) is 12.1 Å². The molecule has 0 radical (unpaired) electrons. The van der Waals surface area contributed by atoms with E-state index in [2.05, 4.69) is 0 Å². The fourth-order valence-corrected chi connectivity index (χ4v) is 3.04. The van der Waals surface area contributed by atoms with Crippen molar-refractivity contribution in [3.8, 4) is 35.1 Å². The van der Waals surface area contributed by atoms with Crippen LogP contribution in [-0.2, 0) is 28.5 Å². The first-order valence-corrected chi connectivity index (χ1v) is 11.8. The summed E-state index contributed by atoms with van der Waals surface area (Å²) < 4.78 is 30.6. The molecule has 0 saturated heterocycles. The lowest BCUT2D eigenvalue weighted by Gasteiger charge is -2.07. The van der Waals surface area contributed by atoms with Gasteiger partial charge in [0.25, 0.3) is 0 Å². The fraction of sp³-hybridized carbons (Fsp3) is 0.286. The highest BCUT2D eigenvalue weighted by molar-refractivity contribution is 5.98. The molecule has 0 aromatic heterocycles. The molecule has 40 heavy (non-hydrogen) atoms. The summed E-state index contributed by atoms with van der Waals surface area (Å²) in [6.45, 7) is 0.292. The second kappa shape index (κ2) is 16.7. The third kappa shape index (κ3) is 10.4. The molecule has 12 heteroatoms. The largest absolute Gasteiger partial charge is 0.504 e. The van der Waals surface area contributed by atoms with Crippen molar-refractivity contribution in [1.82, 2.24) is 0 Å². The predicted octanol–water partition coefficient (Wildman–Crippen LogP) is 3.10. The maximum Gasteiger partial charge on any atom is 0.348 e. The highest BCUT2D eigenvalue weighted by atomic mass is 16.6. The topological polar surface area (TPSA) is 178 Å². The van der Waals surface area contributed by atoms with Gasteiger partial charge in [-0.2, -0.15) is 10.5 Å². The van der Waals surface area contributed by atoms with Crippen molar-refractivity contribution in [2.24, 2.45) is 0 Å². The van der Waals surface area contributed by atoms with E-state index in [1.54, 1.807) is 18.2 Å². The van der Waals surface area contributed by atoms with Gasteiger partial charge in [-0.05, 0) is 47.5 Å². The summed E-state index contributed by atoms with van der Waals surface area (Å²) in [5, 5.41) is 37.9. The second-order valence-electron chi connectivity index (χ2n) is 7.74. The summed E-state index contributed by atoms with van der Waals surface area (Å²) in [5.41, 5.74) is 0.678. The van der Waals surface area contributed by atoms with Gasteiger partial charge in [0.05, 0.1) is 47.1 Å². The number of aromatic hydroxyl groups is 2. The third-order valence-corrected chi connectivity index (χ3v) is 4.97. The molecule has 210 valence electrons. The normalized spacial score (nSPS) is 11.2. The number of methoxy groups -OCH3 is 2. The zero-order valence-corrected chi connectivity index (χ0v) is 21.9. The average Bonchev–Trinajstić information content (AvgIpc) is 2.95. The van der Waals surface area contributed by atoms with Crippen LogP contribution in [0, 0.1) is 22.7 Å². The molecule has 0 aliphatic carbocycles. The number of hydrogen-bond acceptors (Lipinski definition) is 12. The highest BCUT2D eigenvalue weighted by Gasteiger charge is 2.12. The standard InChI is InChI=1S/C28H28N2O10/c1-35-25-6-4-20(15-24(25)32)14-22(18-30)40-27(33)7-8-37-9-10-38-11-12-39-28(34)21(17-29)13-19-3-5-23(31)26(16-19)36-2/h3-6,13-16,31-32H,7-12H2,1-2H3/b21-13-,22-14-. The molecule has 0 spiro atoms. The lowest BCUT2D eigenvalue weighted by atomic mass is 10.1. The molecular formula is C28H28N2O10. The van der Waals surface area contributed by atoms with E-state index in [-0.39, 0.29) is 73.8 Å². The van der Waals surface area contributed by atoms with Crippen LogP contribution in [0.3, 0.4) is 0 Å². The van der Waals surface area contributed by atoms with E-state index in [1.807, 2.05) is 0 Å². The van der Waals surface area contributed by atoms with Gasteiger partial charge in [-0.15, -0.1) is 0 Å². The van der Waals surface area contributed by atoms with Gasteiger partial charge in [-0.25, -0.2) is 4.79 Å². The Labute approximate surface area is 230 Å². The number of esters is 2. The Morgan fingerprint density at radius 3 is 2.10 bits per heavy atom. The predicted molar refractivity (Wildman–Crippen MR) is 140 cm³/mol. The lowest BCUT2D eigenvalue weighted by molar-refractivity contribution is -0.140. The molecule has 0 aliphatic heterocycles. The van der Waals surface area contributed by atoms with E-state index in [0.29, 0.717) is 11.1 Å². The summed E-state index contributed by atoms with van der Waals surface area (Å²) >= 11 is 0.